The summed E-state index contributed by atoms with van der Waals surface area (Å²) in [6.45, 7) is 6.22. The quantitative estimate of drug-likeness (QED) is 0.727. The van der Waals surface area contributed by atoms with Crippen molar-refractivity contribution in [2.45, 2.75) is 26.7 Å². The van der Waals surface area contributed by atoms with Gasteiger partial charge < -0.3 is 0 Å². The molecule has 0 unspecified atom stereocenters. The van der Waals surface area contributed by atoms with Crippen LogP contribution >= 0.6 is 27.5 Å². The molecule has 2 rings (SSSR count). The van der Waals surface area contributed by atoms with E-state index in [0.717, 1.165) is 15.7 Å². The van der Waals surface area contributed by atoms with Gasteiger partial charge in [0.25, 0.3) is 0 Å². The molecular weight excluding hydrogens is 312 g/mol. The van der Waals surface area contributed by atoms with E-state index in [2.05, 4.69) is 45.8 Å². The normalized spacial score (nSPS) is 11.0. The van der Waals surface area contributed by atoms with Gasteiger partial charge in [-0.2, -0.15) is 0 Å². The van der Waals surface area contributed by atoms with Crippen molar-refractivity contribution in [2.75, 3.05) is 0 Å². The van der Waals surface area contributed by atoms with E-state index in [0.29, 0.717) is 16.9 Å². The maximum Gasteiger partial charge on any atom is 0.161 e. The van der Waals surface area contributed by atoms with Crippen LogP contribution in [0, 0.1) is 6.92 Å². The monoisotopic (exact) mass is 324 g/mol. The highest BCUT2D eigenvalue weighted by molar-refractivity contribution is 9.10. The Morgan fingerprint density at radius 1 is 1.22 bits per heavy atom. The van der Waals surface area contributed by atoms with E-state index in [1.54, 1.807) is 0 Å². The molecule has 4 heteroatoms. The predicted molar refractivity (Wildman–Crippen MR) is 79.0 cm³/mol. The van der Waals surface area contributed by atoms with Crippen molar-refractivity contribution < 1.29 is 0 Å². The molecule has 0 N–H and O–H groups in total. The van der Waals surface area contributed by atoms with Crippen LogP contribution in [-0.2, 0) is 0 Å². The molecule has 0 radical (unpaired) electrons. The van der Waals surface area contributed by atoms with Gasteiger partial charge in [0.2, 0.25) is 0 Å². The summed E-state index contributed by atoms with van der Waals surface area (Å²) in [5.41, 5.74) is 3.11. The van der Waals surface area contributed by atoms with Crippen molar-refractivity contribution in [3.05, 3.63) is 45.1 Å². The summed E-state index contributed by atoms with van der Waals surface area (Å²) in [5.74, 6) is 0.971. The Kier molecular flexibility index (Phi) is 4.03. The Labute approximate surface area is 121 Å². The maximum absolute atomic E-state index is 6.15. The third kappa shape index (κ3) is 2.73. The number of nitrogens with zero attached hydrogens (tertiary/aromatic N) is 2. The van der Waals surface area contributed by atoms with Crippen molar-refractivity contribution in [2.24, 2.45) is 0 Å². The van der Waals surface area contributed by atoms with Crippen LogP contribution in [0.15, 0.2) is 28.7 Å². The van der Waals surface area contributed by atoms with Gasteiger partial charge in [-0.15, -0.1) is 0 Å². The van der Waals surface area contributed by atoms with Crippen molar-refractivity contribution in [1.29, 1.82) is 0 Å². The minimum absolute atomic E-state index is 0.295. The van der Waals surface area contributed by atoms with Crippen LogP contribution in [0.2, 0.25) is 5.15 Å². The van der Waals surface area contributed by atoms with Crippen molar-refractivity contribution >= 4 is 27.5 Å². The van der Waals surface area contributed by atoms with Crippen LogP contribution in [0.25, 0.3) is 11.4 Å². The van der Waals surface area contributed by atoms with Gasteiger partial charge in [-0.3, -0.25) is 0 Å². The lowest BCUT2D eigenvalue weighted by atomic mass is 10.1. The van der Waals surface area contributed by atoms with Crippen LogP contribution in [0.1, 0.15) is 31.0 Å². The molecule has 1 heterocycles. The lowest BCUT2D eigenvalue weighted by molar-refractivity contribution is 0.809. The van der Waals surface area contributed by atoms with Crippen molar-refractivity contribution in [1.82, 2.24) is 9.97 Å². The summed E-state index contributed by atoms with van der Waals surface area (Å²) < 4.78 is 0.788. The van der Waals surface area contributed by atoms with Crippen LogP contribution in [0.3, 0.4) is 0 Å². The zero-order valence-electron chi connectivity index (χ0n) is 10.5. The molecule has 2 nitrogen and oxygen atoms in total. The Morgan fingerprint density at radius 2 is 1.94 bits per heavy atom. The molecule has 1 aromatic carbocycles. The summed E-state index contributed by atoms with van der Waals surface area (Å²) in [6, 6.07) is 8.10. The lowest BCUT2D eigenvalue weighted by Gasteiger charge is -2.11. The molecule has 1 aromatic heterocycles. The molecule has 18 heavy (non-hydrogen) atoms. The van der Waals surface area contributed by atoms with Gasteiger partial charge in [0.05, 0.1) is 10.2 Å². The van der Waals surface area contributed by atoms with Crippen LogP contribution in [0.4, 0.5) is 0 Å². The molecule has 0 aliphatic heterocycles. The minimum atomic E-state index is 0.295. The first-order valence-corrected chi connectivity index (χ1v) is 6.96. The zero-order valence-corrected chi connectivity index (χ0v) is 12.9. The van der Waals surface area contributed by atoms with E-state index in [-0.39, 0.29) is 0 Å². The number of benzene rings is 1. The van der Waals surface area contributed by atoms with Crippen LogP contribution in [0.5, 0.6) is 0 Å². The molecular formula is C14H14BrClN2. The molecule has 94 valence electrons. The topological polar surface area (TPSA) is 25.8 Å². The summed E-state index contributed by atoms with van der Waals surface area (Å²) in [4.78, 5) is 8.94. The number of aromatic nitrogens is 2. The largest absolute Gasteiger partial charge is 0.232 e. The van der Waals surface area contributed by atoms with E-state index in [1.807, 2.05) is 25.1 Å². The zero-order chi connectivity index (χ0) is 13.3. The first kappa shape index (κ1) is 13.5. The summed E-state index contributed by atoms with van der Waals surface area (Å²) in [7, 11) is 0. The van der Waals surface area contributed by atoms with Crippen molar-refractivity contribution in [3.8, 4) is 11.4 Å². The first-order valence-electron chi connectivity index (χ1n) is 5.79. The Balaban J connectivity index is 2.59. The number of aryl methyl sites for hydroxylation is 1. The number of hydrogen-bond donors (Lipinski definition) is 0. The molecule has 0 fully saturated rings. The third-order valence-electron chi connectivity index (χ3n) is 2.66. The molecule has 0 aliphatic carbocycles. The highest BCUT2D eigenvalue weighted by Gasteiger charge is 2.14. The minimum Gasteiger partial charge on any atom is -0.232 e. The lowest BCUT2D eigenvalue weighted by Crippen LogP contribution is -2.00. The molecule has 0 saturated carbocycles. The maximum atomic E-state index is 6.15. The van der Waals surface area contributed by atoms with Gasteiger partial charge in [-0.1, -0.05) is 49.2 Å². The Morgan fingerprint density at radius 3 is 2.56 bits per heavy atom. The number of halogens is 2. The van der Waals surface area contributed by atoms with Gasteiger partial charge in [-0.05, 0) is 34.8 Å². The molecule has 0 atom stereocenters. The summed E-state index contributed by atoms with van der Waals surface area (Å²) in [5, 5.41) is 0.463. The fourth-order valence-electron chi connectivity index (χ4n) is 1.73. The van der Waals surface area contributed by atoms with E-state index < -0.39 is 0 Å². The molecule has 2 aromatic rings. The van der Waals surface area contributed by atoms with E-state index >= 15 is 0 Å². The van der Waals surface area contributed by atoms with Crippen LogP contribution < -0.4 is 0 Å². The Hall–Kier alpha value is -0.930. The van der Waals surface area contributed by atoms with Gasteiger partial charge in [0.15, 0.2) is 5.82 Å². The SMILES string of the molecule is Cc1cccc(-c2nc(Cl)c(Br)c(C(C)C)n2)c1. The number of rotatable bonds is 2. The second kappa shape index (κ2) is 5.37. The van der Waals surface area contributed by atoms with Gasteiger partial charge in [0.1, 0.15) is 5.15 Å². The van der Waals surface area contributed by atoms with E-state index in [1.165, 1.54) is 5.56 Å². The molecule has 0 saturated heterocycles. The highest BCUT2D eigenvalue weighted by atomic mass is 79.9. The average Bonchev–Trinajstić information content (AvgIpc) is 2.32. The smallest absolute Gasteiger partial charge is 0.161 e. The highest BCUT2D eigenvalue weighted by Crippen LogP contribution is 2.31. The summed E-state index contributed by atoms with van der Waals surface area (Å²) >= 11 is 9.60. The second-order valence-electron chi connectivity index (χ2n) is 4.56. The Bertz CT molecular complexity index is 582. The fourth-order valence-corrected chi connectivity index (χ4v) is 2.54. The number of hydrogen-bond acceptors (Lipinski definition) is 2. The van der Waals surface area contributed by atoms with E-state index in [4.69, 9.17) is 11.6 Å². The molecule has 0 bridgehead atoms. The third-order valence-corrected chi connectivity index (χ3v) is 3.94. The second-order valence-corrected chi connectivity index (χ2v) is 5.71. The molecule has 0 amide bonds. The van der Waals surface area contributed by atoms with Crippen molar-refractivity contribution in [3.63, 3.8) is 0 Å². The average molecular weight is 326 g/mol. The molecule has 0 aliphatic rings. The first-order chi connectivity index (χ1) is 8.49. The standard InChI is InChI=1S/C14H14BrClN2/c1-8(2)12-11(15)13(16)18-14(17-12)10-6-4-5-9(3)7-10/h4-8H,1-3H3. The van der Waals surface area contributed by atoms with E-state index in [9.17, 15) is 0 Å². The van der Waals surface area contributed by atoms with Crippen LogP contribution in [-0.4, -0.2) is 9.97 Å². The fraction of sp³-hybridized carbons (Fsp3) is 0.286. The molecule has 0 spiro atoms. The van der Waals surface area contributed by atoms with Gasteiger partial charge >= 0.3 is 0 Å². The summed E-state index contributed by atoms with van der Waals surface area (Å²) in [6.07, 6.45) is 0. The predicted octanol–water partition coefficient (Wildman–Crippen LogP) is 4.99. The van der Waals surface area contributed by atoms with Gasteiger partial charge in [0, 0.05) is 5.56 Å². The van der Waals surface area contributed by atoms with Gasteiger partial charge in [-0.25, -0.2) is 9.97 Å².